The maximum absolute atomic E-state index is 13.0. The molecule has 1 aliphatic rings. The number of hydrogen-bond donors (Lipinski definition) is 1. The van der Waals surface area contributed by atoms with Crippen LogP contribution in [0.15, 0.2) is 78.5 Å². The van der Waals surface area contributed by atoms with Crippen LogP contribution < -0.4 is 9.64 Å². The predicted molar refractivity (Wildman–Crippen MR) is 113 cm³/mol. The third-order valence-electron chi connectivity index (χ3n) is 4.87. The molecule has 3 aromatic rings. The highest BCUT2D eigenvalue weighted by molar-refractivity contribution is 6.51. The summed E-state index contributed by atoms with van der Waals surface area (Å²) in [4.78, 5) is 31.5. The molecule has 0 spiro atoms. The lowest BCUT2D eigenvalue weighted by Gasteiger charge is -2.24. The van der Waals surface area contributed by atoms with Crippen molar-refractivity contribution in [2.75, 3.05) is 12.0 Å². The molecule has 1 aromatic heterocycles. The zero-order chi connectivity index (χ0) is 21.3. The Morgan fingerprint density at radius 2 is 1.83 bits per heavy atom. The SMILES string of the molecule is COc1cccc(/C(O)=C2\C(=O)C(=O)N(c3ccccn3)[C@H]2c2ccc(Cl)cc2)c1. The summed E-state index contributed by atoms with van der Waals surface area (Å²) in [6, 6.07) is 17.6. The van der Waals surface area contributed by atoms with E-state index in [4.69, 9.17) is 16.3 Å². The Kier molecular flexibility index (Phi) is 5.25. The van der Waals surface area contributed by atoms with Crippen LogP contribution in [0.25, 0.3) is 5.76 Å². The number of ether oxygens (including phenoxy) is 1. The number of aliphatic hydroxyl groups is 1. The lowest BCUT2D eigenvalue weighted by Crippen LogP contribution is -2.30. The van der Waals surface area contributed by atoms with E-state index >= 15 is 0 Å². The van der Waals surface area contributed by atoms with Gasteiger partial charge in [-0.3, -0.25) is 14.5 Å². The van der Waals surface area contributed by atoms with Gasteiger partial charge in [0.15, 0.2) is 0 Å². The van der Waals surface area contributed by atoms with Crippen molar-refractivity contribution in [3.05, 3.63) is 94.6 Å². The number of amides is 1. The van der Waals surface area contributed by atoms with E-state index in [1.807, 2.05) is 0 Å². The molecule has 1 fully saturated rings. The van der Waals surface area contributed by atoms with Gasteiger partial charge in [-0.05, 0) is 42.0 Å². The highest BCUT2D eigenvalue weighted by Gasteiger charge is 2.47. The molecule has 6 nitrogen and oxygen atoms in total. The van der Waals surface area contributed by atoms with Crippen molar-refractivity contribution in [2.24, 2.45) is 0 Å². The van der Waals surface area contributed by atoms with Gasteiger partial charge in [0.2, 0.25) is 0 Å². The Hall–Kier alpha value is -3.64. The first-order valence-electron chi connectivity index (χ1n) is 9.13. The highest BCUT2D eigenvalue weighted by Crippen LogP contribution is 2.41. The molecule has 0 unspecified atom stereocenters. The number of anilines is 1. The van der Waals surface area contributed by atoms with Crippen molar-refractivity contribution in [1.29, 1.82) is 0 Å². The van der Waals surface area contributed by atoms with Gasteiger partial charge >= 0.3 is 5.91 Å². The van der Waals surface area contributed by atoms with Gasteiger partial charge in [-0.2, -0.15) is 0 Å². The Morgan fingerprint density at radius 1 is 1.07 bits per heavy atom. The molecule has 1 aliphatic heterocycles. The fourth-order valence-electron chi connectivity index (χ4n) is 3.45. The second kappa shape index (κ2) is 8.00. The van der Waals surface area contributed by atoms with Gasteiger partial charge in [0.05, 0.1) is 18.7 Å². The lowest BCUT2D eigenvalue weighted by atomic mass is 9.95. The van der Waals surface area contributed by atoms with Crippen molar-refractivity contribution < 1.29 is 19.4 Å². The summed E-state index contributed by atoms with van der Waals surface area (Å²) in [6.07, 6.45) is 1.54. The van der Waals surface area contributed by atoms with E-state index in [-0.39, 0.29) is 11.3 Å². The first-order chi connectivity index (χ1) is 14.5. The van der Waals surface area contributed by atoms with Crippen LogP contribution in [-0.2, 0) is 9.59 Å². The van der Waals surface area contributed by atoms with Crippen molar-refractivity contribution in [3.63, 3.8) is 0 Å². The van der Waals surface area contributed by atoms with E-state index in [2.05, 4.69) is 4.98 Å². The molecule has 1 saturated heterocycles. The summed E-state index contributed by atoms with van der Waals surface area (Å²) < 4.78 is 5.21. The normalized spacial score (nSPS) is 17.9. The second-order valence-corrected chi connectivity index (χ2v) is 7.08. The quantitative estimate of drug-likeness (QED) is 0.385. The minimum Gasteiger partial charge on any atom is -0.507 e. The summed E-state index contributed by atoms with van der Waals surface area (Å²) in [6.45, 7) is 0. The van der Waals surface area contributed by atoms with Gasteiger partial charge in [-0.1, -0.05) is 41.9 Å². The molecule has 7 heteroatoms. The molecule has 0 bridgehead atoms. The number of ketones is 1. The van der Waals surface area contributed by atoms with Crippen LogP contribution in [-0.4, -0.2) is 28.9 Å². The number of aromatic nitrogens is 1. The molecule has 2 aromatic carbocycles. The van der Waals surface area contributed by atoms with Crippen molar-refractivity contribution >= 4 is 34.9 Å². The molecule has 0 radical (unpaired) electrons. The topological polar surface area (TPSA) is 79.7 Å². The van der Waals surface area contributed by atoms with Gasteiger partial charge < -0.3 is 9.84 Å². The number of aliphatic hydroxyl groups excluding tert-OH is 1. The largest absolute Gasteiger partial charge is 0.507 e. The lowest BCUT2D eigenvalue weighted by molar-refractivity contribution is -0.132. The van der Waals surface area contributed by atoms with Crippen LogP contribution in [0, 0.1) is 0 Å². The third kappa shape index (κ3) is 3.42. The summed E-state index contributed by atoms with van der Waals surface area (Å²) in [5, 5.41) is 11.6. The van der Waals surface area contributed by atoms with Gasteiger partial charge in [-0.25, -0.2) is 4.98 Å². The first kappa shape index (κ1) is 19.7. The predicted octanol–water partition coefficient (Wildman–Crippen LogP) is 4.37. The van der Waals surface area contributed by atoms with Crippen LogP contribution >= 0.6 is 11.6 Å². The molecule has 2 heterocycles. The number of hydrogen-bond acceptors (Lipinski definition) is 5. The van der Waals surface area contributed by atoms with Crippen LogP contribution in [0.5, 0.6) is 5.75 Å². The van der Waals surface area contributed by atoms with Gasteiger partial charge in [0, 0.05) is 16.8 Å². The maximum Gasteiger partial charge on any atom is 0.301 e. The maximum atomic E-state index is 13.0. The molecule has 30 heavy (non-hydrogen) atoms. The monoisotopic (exact) mass is 420 g/mol. The number of nitrogens with zero attached hydrogens (tertiary/aromatic N) is 2. The van der Waals surface area contributed by atoms with Crippen molar-refractivity contribution in [2.45, 2.75) is 6.04 Å². The molecule has 4 rings (SSSR count). The highest BCUT2D eigenvalue weighted by atomic mass is 35.5. The van der Waals surface area contributed by atoms with E-state index in [1.54, 1.807) is 66.7 Å². The zero-order valence-electron chi connectivity index (χ0n) is 15.9. The van der Waals surface area contributed by atoms with Crippen LogP contribution in [0.4, 0.5) is 5.82 Å². The Morgan fingerprint density at radius 3 is 2.50 bits per heavy atom. The van der Waals surface area contributed by atoms with E-state index < -0.39 is 17.7 Å². The van der Waals surface area contributed by atoms with E-state index in [1.165, 1.54) is 18.2 Å². The fourth-order valence-corrected chi connectivity index (χ4v) is 3.58. The fraction of sp³-hybridized carbons (Fsp3) is 0.0870. The second-order valence-electron chi connectivity index (χ2n) is 6.64. The summed E-state index contributed by atoms with van der Waals surface area (Å²) in [5.41, 5.74) is 0.960. The molecular weight excluding hydrogens is 404 g/mol. The molecule has 1 N–H and O–H groups in total. The summed E-state index contributed by atoms with van der Waals surface area (Å²) in [7, 11) is 1.51. The third-order valence-corrected chi connectivity index (χ3v) is 5.12. The number of Topliss-reactive ketones (excluding diaryl/α,β-unsaturated/α-hetero) is 1. The van der Waals surface area contributed by atoms with Crippen LogP contribution in [0.3, 0.4) is 0 Å². The molecule has 0 saturated carbocycles. The van der Waals surface area contributed by atoms with E-state index in [0.29, 0.717) is 27.7 Å². The first-order valence-corrected chi connectivity index (χ1v) is 9.51. The van der Waals surface area contributed by atoms with Gasteiger partial charge in [-0.15, -0.1) is 0 Å². The van der Waals surface area contributed by atoms with E-state index in [9.17, 15) is 14.7 Å². The molecule has 0 aliphatic carbocycles. The minimum absolute atomic E-state index is 0.0266. The number of methoxy groups -OCH3 is 1. The van der Waals surface area contributed by atoms with Gasteiger partial charge in [0.1, 0.15) is 17.3 Å². The summed E-state index contributed by atoms with van der Waals surface area (Å²) in [5.74, 6) is -1.02. The number of pyridine rings is 1. The Bertz CT molecular complexity index is 1140. The van der Waals surface area contributed by atoms with Gasteiger partial charge in [0.25, 0.3) is 5.78 Å². The smallest absolute Gasteiger partial charge is 0.301 e. The number of carbonyl (C=O) groups excluding carboxylic acids is 2. The van der Waals surface area contributed by atoms with Crippen molar-refractivity contribution in [1.82, 2.24) is 4.98 Å². The molecule has 1 atom stereocenters. The standard InChI is InChI=1S/C23H17ClN2O4/c1-30-17-6-4-5-15(13-17)21(27)19-20(14-8-10-16(24)11-9-14)26(23(29)22(19)28)18-7-2-3-12-25-18/h2-13,20,27H,1H3/b21-19+/t20-/m0/s1. The Balaban J connectivity index is 1.94. The van der Waals surface area contributed by atoms with E-state index in [0.717, 1.165) is 0 Å². The summed E-state index contributed by atoms with van der Waals surface area (Å²) >= 11 is 6.02. The number of rotatable bonds is 4. The number of halogens is 1. The molecule has 1 amide bonds. The Labute approximate surface area is 178 Å². The molecular formula is C23H17ClN2O4. The van der Waals surface area contributed by atoms with Crippen LogP contribution in [0.2, 0.25) is 5.02 Å². The van der Waals surface area contributed by atoms with Crippen LogP contribution in [0.1, 0.15) is 17.2 Å². The minimum atomic E-state index is -0.858. The van der Waals surface area contributed by atoms with Crippen molar-refractivity contribution in [3.8, 4) is 5.75 Å². The number of carbonyl (C=O) groups is 2. The number of benzene rings is 2. The average molecular weight is 421 g/mol. The molecule has 150 valence electrons. The average Bonchev–Trinajstić information content (AvgIpc) is 3.05. The zero-order valence-corrected chi connectivity index (χ0v) is 16.7.